The smallest absolute Gasteiger partial charge is 0.303 e. The van der Waals surface area contributed by atoms with Gasteiger partial charge in [0.15, 0.2) is 5.69 Å². The summed E-state index contributed by atoms with van der Waals surface area (Å²) < 4.78 is 6.79. The number of hydrogen-bond acceptors (Lipinski definition) is 5. The Bertz CT molecular complexity index is 762. The molecule has 1 aliphatic heterocycles. The van der Waals surface area contributed by atoms with Crippen LogP contribution in [0.25, 0.3) is 5.69 Å². The highest BCUT2D eigenvalue weighted by Crippen LogP contribution is 2.19. The molecule has 9 heteroatoms. The standard InChI is InChI=1S/C16H17ClN4O4/c17-11-1-3-12(4-2-11)21-8-14(19-20-21)16(24)18-13-5-6-25-9-10(13)7-15(22)23/h1-4,8,10,13H,5-7,9H2,(H,18,24)(H,22,23). The molecule has 2 aromatic rings. The Balaban J connectivity index is 1.68. The van der Waals surface area contributed by atoms with Gasteiger partial charge in [0.25, 0.3) is 5.91 Å². The van der Waals surface area contributed by atoms with Crippen molar-refractivity contribution in [3.63, 3.8) is 0 Å². The van der Waals surface area contributed by atoms with E-state index < -0.39 is 5.97 Å². The first-order valence-electron chi connectivity index (χ1n) is 7.81. The van der Waals surface area contributed by atoms with E-state index in [-0.39, 0.29) is 30.0 Å². The molecule has 8 nitrogen and oxygen atoms in total. The number of nitrogens with zero attached hydrogens (tertiary/aromatic N) is 3. The lowest BCUT2D eigenvalue weighted by molar-refractivity contribution is -0.139. The van der Waals surface area contributed by atoms with Crippen molar-refractivity contribution >= 4 is 23.5 Å². The molecule has 132 valence electrons. The number of nitrogens with one attached hydrogen (secondary N) is 1. The summed E-state index contributed by atoms with van der Waals surface area (Å²) in [6, 6.07) is 6.70. The molecule has 0 spiro atoms. The van der Waals surface area contributed by atoms with Crippen LogP contribution in [0.3, 0.4) is 0 Å². The van der Waals surface area contributed by atoms with Crippen molar-refractivity contribution in [2.75, 3.05) is 13.2 Å². The maximum Gasteiger partial charge on any atom is 0.303 e. The third kappa shape index (κ3) is 4.34. The highest BCUT2D eigenvalue weighted by atomic mass is 35.5. The van der Waals surface area contributed by atoms with Crippen LogP contribution in [0.5, 0.6) is 0 Å². The summed E-state index contributed by atoms with van der Waals surface area (Å²) in [6.45, 7) is 0.799. The molecular weight excluding hydrogens is 348 g/mol. The van der Waals surface area contributed by atoms with Crippen molar-refractivity contribution in [3.05, 3.63) is 41.2 Å². The minimum Gasteiger partial charge on any atom is -0.481 e. The number of aliphatic carboxylic acids is 1. The number of ether oxygens (including phenoxy) is 1. The minimum atomic E-state index is -0.913. The minimum absolute atomic E-state index is 0.0532. The van der Waals surface area contributed by atoms with Crippen molar-refractivity contribution in [1.29, 1.82) is 0 Å². The first-order chi connectivity index (χ1) is 12.0. The summed E-state index contributed by atoms with van der Waals surface area (Å²) in [5, 5.41) is 20.3. The lowest BCUT2D eigenvalue weighted by atomic mass is 9.92. The fraction of sp³-hybridized carbons (Fsp3) is 0.375. The lowest BCUT2D eigenvalue weighted by Crippen LogP contribution is -2.46. The van der Waals surface area contributed by atoms with Gasteiger partial charge in [-0.1, -0.05) is 16.8 Å². The molecule has 0 bridgehead atoms. The third-order valence-electron chi connectivity index (χ3n) is 4.04. The number of carboxylic acid groups (broad SMARTS) is 1. The number of carbonyl (C=O) groups is 2. The molecule has 0 saturated carbocycles. The Morgan fingerprint density at radius 1 is 1.36 bits per heavy atom. The highest BCUT2D eigenvalue weighted by Gasteiger charge is 2.29. The van der Waals surface area contributed by atoms with Crippen LogP contribution in [0.15, 0.2) is 30.5 Å². The number of carbonyl (C=O) groups excluding carboxylic acids is 1. The largest absolute Gasteiger partial charge is 0.481 e. The second kappa shape index (κ2) is 7.62. The van der Waals surface area contributed by atoms with Crippen LogP contribution in [0, 0.1) is 5.92 Å². The zero-order valence-corrected chi connectivity index (χ0v) is 14.0. The van der Waals surface area contributed by atoms with E-state index >= 15 is 0 Å². The molecule has 0 aliphatic carbocycles. The molecule has 1 amide bonds. The number of halogens is 1. The fourth-order valence-corrected chi connectivity index (χ4v) is 2.87. The Labute approximate surface area is 148 Å². The van der Waals surface area contributed by atoms with Crippen LogP contribution in [0.1, 0.15) is 23.3 Å². The van der Waals surface area contributed by atoms with Gasteiger partial charge in [-0.2, -0.15) is 0 Å². The number of benzene rings is 1. The van der Waals surface area contributed by atoms with Crippen LogP contribution in [0.4, 0.5) is 0 Å². The van der Waals surface area contributed by atoms with Crippen LogP contribution in [0.2, 0.25) is 5.02 Å². The zero-order valence-electron chi connectivity index (χ0n) is 13.3. The second-order valence-electron chi connectivity index (χ2n) is 5.83. The van der Waals surface area contributed by atoms with E-state index in [9.17, 15) is 9.59 Å². The second-order valence-corrected chi connectivity index (χ2v) is 6.26. The zero-order chi connectivity index (χ0) is 17.8. The van der Waals surface area contributed by atoms with E-state index in [1.165, 1.54) is 10.9 Å². The van der Waals surface area contributed by atoms with Gasteiger partial charge >= 0.3 is 5.97 Å². The molecule has 25 heavy (non-hydrogen) atoms. The average Bonchev–Trinajstić information content (AvgIpc) is 3.07. The van der Waals surface area contributed by atoms with Crippen LogP contribution >= 0.6 is 11.6 Å². The van der Waals surface area contributed by atoms with Gasteiger partial charge < -0.3 is 15.2 Å². The number of hydrogen-bond donors (Lipinski definition) is 2. The maximum absolute atomic E-state index is 12.4. The molecule has 1 saturated heterocycles. The predicted octanol–water partition coefficient (Wildman–Crippen LogP) is 1.53. The van der Waals surface area contributed by atoms with Crippen molar-refractivity contribution in [1.82, 2.24) is 20.3 Å². The van der Waals surface area contributed by atoms with Crippen molar-refractivity contribution in [2.45, 2.75) is 18.9 Å². The topological polar surface area (TPSA) is 106 Å². The molecule has 1 fully saturated rings. The molecule has 2 atom stereocenters. The Kier molecular flexibility index (Phi) is 5.30. The van der Waals surface area contributed by atoms with Crippen LogP contribution in [-0.2, 0) is 9.53 Å². The van der Waals surface area contributed by atoms with Gasteiger partial charge in [-0.25, -0.2) is 4.68 Å². The van der Waals surface area contributed by atoms with E-state index in [1.54, 1.807) is 24.3 Å². The number of carboxylic acids is 1. The van der Waals surface area contributed by atoms with Gasteiger partial charge in [-0.05, 0) is 30.7 Å². The van der Waals surface area contributed by atoms with Gasteiger partial charge in [0, 0.05) is 23.6 Å². The van der Waals surface area contributed by atoms with Gasteiger partial charge in [0.2, 0.25) is 0 Å². The quantitative estimate of drug-likeness (QED) is 0.833. The summed E-state index contributed by atoms with van der Waals surface area (Å²) in [5.74, 6) is -1.56. The molecule has 2 heterocycles. The molecule has 1 aliphatic rings. The van der Waals surface area contributed by atoms with E-state index in [4.69, 9.17) is 21.4 Å². The van der Waals surface area contributed by atoms with E-state index in [2.05, 4.69) is 15.6 Å². The number of aromatic nitrogens is 3. The van der Waals surface area contributed by atoms with Crippen LogP contribution in [-0.4, -0.2) is 51.2 Å². The lowest BCUT2D eigenvalue weighted by Gasteiger charge is -2.30. The molecule has 2 N–H and O–H groups in total. The van der Waals surface area contributed by atoms with Crippen molar-refractivity contribution in [2.24, 2.45) is 5.92 Å². The predicted molar refractivity (Wildman–Crippen MR) is 88.8 cm³/mol. The van der Waals surface area contributed by atoms with E-state index in [1.807, 2.05) is 0 Å². The van der Waals surface area contributed by atoms with Crippen LogP contribution < -0.4 is 5.32 Å². The molecule has 3 rings (SSSR count). The number of amides is 1. The molecular formula is C16H17ClN4O4. The normalized spacial score (nSPS) is 20.2. The summed E-state index contributed by atoms with van der Waals surface area (Å²) >= 11 is 5.85. The summed E-state index contributed by atoms with van der Waals surface area (Å²) in [4.78, 5) is 23.4. The Hall–Kier alpha value is -2.45. The highest BCUT2D eigenvalue weighted by molar-refractivity contribution is 6.30. The fourth-order valence-electron chi connectivity index (χ4n) is 2.74. The SMILES string of the molecule is O=C(O)CC1COCCC1NC(=O)c1cn(-c2ccc(Cl)cc2)nn1. The molecule has 1 aromatic heterocycles. The van der Waals surface area contributed by atoms with Crippen molar-refractivity contribution < 1.29 is 19.4 Å². The van der Waals surface area contributed by atoms with Gasteiger partial charge in [0.05, 0.1) is 24.9 Å². The van der Waals surface area contributed by atoms with Crippen molar-refractivity contribution in [3.8, 4) is 5.69 Å². The summed E-state index contributed by atoms with van der Waals surface area (Å²) in [6.07, 6.45) is 2.03. The van der Waals surface area contributed by atoms with E-state index in [0.29, 0.717) is 24.7 Å². The molecule has 0 radical (unpaired) electrons. The average molecular weight is 365 g/mol. The third-order valence-corrected chi connectivity index (χ3v) is 4.30. The first-order valence-corrected chi connectivity index (χ1v) is 8.19. The van der Waals surface area contributed by atoms with Gasteiger partial charge in [-0.3, -0.25) is 9.59 Å². The van der Waals surface area contributed by atoms with E-state index in [0.717, 1.165) is 5.69 Å². The van der Waals surface area contributed by atoms with Gasteiger partial charge in [-0.15, -0.1) is 5.10 Å². The monoisotopic (exact) mass is 364 g/mol. The molecule has 2 unspecified atom stereocenters. The maximum atomic E-state index is 12.4. The summed E-state index contributed by atoms with van der Waals surface area (Å²) in [7, 11) is 0. The van der Waals surface area contributed by atoms with Gasteiger partial charge in [0.1, 0.15) is 0 Å². The first kappa shape index (κ1) is 17.4. The molecule has 1 aromatic carbocycles. The number of rotatable bonds is 5. The summed E-state index contributed by atoms with van der Waals surface area (Å²) in [5.41, 5.74) is 0.890. The Morgan fingerprint density at radius 3 is 2.84 bits per heavy atom. The Morgan fingerprint density at radius 2 is 2.12 bits per heavy atom.